The summed E-state index contributed by atoms with van der Waals surface area (Å²) in [6.45, 7) is 5.00. The summed E-state index contributed by atoms with van der Waals surface area (Å²) < 4.78 is 24.4. The van der Waals surface area contributed by atoms with Crippen LogP contribution in [0.5, 0.6) is 0 Å². The van der Waals surface area contributed by atoms with Gasteiger partial charge in [0.25, 0.3) is 0 Å². The van der Waals surface area contributed by atoms with Crippen LogP contribution >= 0.6 is 0 Å². The third-order valence-corrected chi connectivity index (χ3v) is 4.88. The number of allylic oxidation sites excluding steroid dienone is 2. The molecule has 0 saturated carbocycles. The minimum atomic E-state index is -3.32. The summed E-state index contributed by atoms with van der Waals surface area (Å²) in [5, 5.41) is -0.532. The SMILES string of the molecule is CC(=O)C=CCC(C)S(=O)(=O)c1ccc(C)cc1. The highest BCUT2D eigenvalue weighted by molar-refractivity contribution is 7.92. The van der Waals surface area contributed by atoms with Crippen molar-refractivity contribution in [3.8, 4) is 0 Å². The fraction of sp³-hybridized carbons (Fsp3) is 0.357. The number of rotatable bonds is 5. The molecule has 0 heterocycles. The van der Waals surface area contributed by atoms with E-state index in [0.717, 1.165) is 5.56 Å². The second-order valence-corrected chi connectivity index (χ2v) is 6.78. The predicted octanol–water partition coefficient (Wildman–Crippen LogP) is 2.69. The summed E-state index contributed by atoms with van der Waals surface area (Å²) in [6, 6.07) is 6.81. The van der Waals surface area contributed by atoms with E-state index >= 15 is 0 Å². The third-order valence-electron chi connectivity index (χ3n) is 2.70. The highest BCUT2D eigenvalue weighted by Crippen LogP contribution is 2.18. The zero-order valence-electron chi connectivity index (χ0n) is 10.9. The van der Waals surface area contributed by atoms with Crippen LogP contribution in [0.15, 0.2) is 41.3 Å². The molecule has 1 aromatic rings. The highest BCUT2D eigenvalue weighted by Gasteiger charge is 2.21. The lowest BCUT2D eigenvalue weighted by molar-refractivity contribution is -0.112. The Morgan fingerprint density at radius 2 is 1.83 bits per heavy atom. The predicted molar refractivity (Wildman–Crippen MR) is 72.3 cm³/mol. The topological polar surface area (TPSA) is 51.2 Å². The van der Waals surface area contributed by atoms with E-state index in [4.69, 9.17) is 0 Å². The lowest BCUT2D eigenvalue weighted by Gasteiger charge is -2.11. The van der Waals surface area contributed by atoms with Gasteiger partial charge in [-0.3, -0.25) is 4.79 Å². The first kappa shape index (κ1) is 14.6. The van der Waals surface area contributed by atoms with Gasteiger partial charge in [-0.2, -0.15) is 0 Å². The van der Waals surface area contributed by atoms with Crippen molar-refractivity contribution >= 4 is 15.6 Å². The number of sulfone groups is 1. The van der Waals surface area contributed by atoms with Crippen LogP contribution in [0.4, 0.5) is 0 Å². The second-order valence-electron chi connectivity index (χ2n) is 4.42. The van der Waals surface area contributed by atoms with Gasteiger partial charge in [-0.1, -0.05) is 23.8 Å². The summed E-state index contributed by atoms with van der Waals surface area (Å²) in [7, 11) is -3.32. The number of carbonyl (C=O) groups excluding carboxylic acids is 1. The molecule has 0 aliphatic rings. The van der Waals surface area contributed by atoms with Crippen molar-refractivity contribution in [2.45, 2.75) is 37.3 Å². The molecule has 0 aliphatic heterocycles. The Labute approximate surface area is 108 Å². The fourth-order valence-electron chi connectivity index (χ4n) is 1.51. The molecule has 1 aromatic carbocycles. The molecule has 4 heteroatoms. The molecular formula is C14H18O3S. The van der Waals surface area contributed by atoms with Gasteiger partial charge >= 0.3 is 0 Å². The van der Waals surface area contributed by atoms with Crippen LogP contribution in [0.1, 0.15) is 25.8 Å². The number of benzene rings is 1. The standard InChI is InChI=1S/C14H18O3S/c1-11-7-9-14(10-8-11)18(16,17)13(3)6-4-5-12(2)15/h4-5,7-10,13H,6H2,1-3H3. The van der Waals surface area contributed by atoms with Crippen molar-refractivity contribution in [3.63, 3.8) is 0 Å². The van der Waals surface area contributed by atoms with Crippen LogP contribution < -0.4 is 0 Å². The Kier molecular flexibility index (Phi) is 4.84. The van der Waals surface area contributed by atoms with Crippen molar-refractivity contribution in [2.24, 2.45) is 0 Å². The quantitative estimate of drug-likeness (QED) is 0.770. The molecule has 0 N–H and O–H groups in total. The molecule has 1 atom stereocenters. The Balaban J connectivity index is 2.86. The Morgan fingerprint density at radius 1 is 1.28 bits per heavy atom. The van der Waals surface area contributed by atoms with Gasteiger partial charge in [-0.05, 0) is 45.4 Å². The van der Waals surface area contributed by atoms with Crippen LogP contribution in [0.3, 0.4) is 0 Å². The normalized spacial score (nSPS) is 13.7. The number of hydrogen-bond acceptors (Lipinski definition) is 3. The molecule has 0 aromatic heterocycles. The molecule has 0 aliphatic carbocycles. The van der Waals surface area contributed by atoms with Gasteiger partial charge in [-0.15, -0.1) is 0 Å². The van der Waals surface area contributed by atoms with Gasteiger partial charge in [0.1, 0.15) is 0 Å². The number of ketones is 1. The summed E-state index contributed by atoms with van der Waals surface area (Å²) in [6.07, 6.45) is 3.36. The molecule has 0 amide bonds. The van der Waals surface area contributed by atoms with E-state index in [0.29, 0.717) is 11.3 Å². The molecule has 0 radical (unpaired) electrons. The van der Waals surface area contributed by atoms with Crippen LogP contribution in [-0.2, 0) is 14.6 Å². The number of aryl methyl sites for hydroxylation is 1. The third kappa shape index (κ3) is 3.81. The zero-order chi connectivity index (χ0) is 13.8. The summed E-state index contributed by atoms with van der Waals surface area (Å²) in [4.78, 5) is 11.1. The zero-order valence-corrected chi connectivity index (χ0v) is 11.7. The molecule has 0 bridgehead atoms. The highest BCUT2D eigenvalue weighted by atomic mass is 32.2. The molecule has 1 rings (SSSR count). The summed E-state index contributed by atoms with van der Waals surface area (Å²) in [5.41, 5.74) is 1.03. The van der Waals surface area contributed by atoms with Gasteiger partial charge in [0, 0.05) is 0 Å². The maximum absolute atomic E-state index is 12.2. The Morgan fingerprint density at radius 3 is 2.33 bits per heavy atom. The van der Waals surface area contributed by atoms with E-state index in [-0.39, 0.29) is 5.78 Å². The first-order chi connectivity index (χ1) is 8.34. The number of hydrogen-bond donors (Lipinski definition) is 0. The molecule has 98 valence electrons. The molecule has 0 fully saturated rings. The van der Waals surface area contributed by atoms with Gasteiger partial charge in [-0.25, -0.2) is 8.42 Å². The average Bonchev–Trinajstić information content (AvgIpc) is 2.28. The monoisotopic (exact) mass is 266 g/mol. The second kappa shape index (κ2) is 5.96. The molecule has 0 saturated heterocycles. The van der Waals surface area contributed by atoms with Gasteiger partial charge in [0.05, 0.1) is 10.1 Å². The van der Waals surface area contributed by atoms with Crippen LogP contribution in [-0.4, -0.2) is 19.5 Å². The Bertz CT molecular complexity index is 539. The molecule has 3 nitrogen and oxygen atoms in total. The van der Waals surface area contributed by atoms with Crippen LogP contribution in [0.25, 0.3) is 0 Å². The van der Waals surface area contributed by atoms with Gasteiger partial charge in [0.15, 0.2) is 15.6 Å². The van der Waals surface area contributed by atoms with Crippen LogP contribution in [0.2, 0.25) is 0 Å². The van der Waals surface area contributed by atoms with Gasteiger partial charge < -0.3 is 0 Å². The van der Waals surface area contributed by atoms with Crippen molar-refractivity contribution < 1.29 is 13.2 Å². The number of carbonyl (C=O) groups is 1. The van der Waals surface area contributed by atoms with Crippen molar-refractivity contribution in [2.75, 3.05) is 0 Å². The molecular weight excluding hydrogens is 248 g/mol. The van der Waals surface area contributed by atoms with E-state index in [1.807, 2.05) is 6.92 Å². The van der Waals surface area contributed by atoms with Crippen molar-refractivity contribution in [1.29, 1.82) is 0 Å². The van der Waals surface area contributed by atoms with E-state index in [9.17, 15) is 13.2 Å². The minimum absolute atomic E-state index is 0.0741. The lowest BCUT2D eigenvalue weighted by Crippen LogP contribution is -2.17. The maximum Gasteiger partial charge on any atom is 0.181 e. The minimum Gasteiger partial charge on any atom is -0.295 e. The fourth-order valence-corrected chi connectivity index (χ4v) is 2.86. The smallest absolute Gasteiger partial charge is 0.181 e. The average molecular weight is 266 g/mol. The maximum atomic E-state index is 12.2. The van der Waals surface area contributed by atoms with E-state index in [2.05, 4.69) is 0 Å². The van der Waals surface area contributed by atoms with Gasteiger partial charge in [0.2, 0.25) is 0 Å². The summed E-state index contributed by atoms with van der Waals surface area (Å²) >= 11 is 0. The summed E-state index contributed by atoms with van der Waals surface area (Å²) in [5.74, 6) is -0.0741. The lowest BCUT2D eigenvalue weighted by atomic mass is 10.2. The largest absolute Gasteiger partial charge is 0.295 e. The first-order valence-corrected chi connectivity index (χ1v) is 7.36. The molecule has 1 unspecified atom stereocenters. The van der Waals surface area contributed by atoms with Crippen molar-refractivity contribution in [1.82, 2.24) is 0 Å². The van der Waals surface area contributed by atoms with E-state index in [1.54, 1.807) is 37.3 Å². The molecule has 0 spiro atoms. The van der Waals surface area contributed by atoms with E-state index < -0.39 is 15.1 Å². The van der Waals surface area contributed by atoms with Crippen LogP contribution in [0, 0.1) is 6.92 Å². The molecule has 18 heavy (non-hydrogen) atoms. The van der Waals surface area contributed by atoms with Crippen molar-refractivity contribution in [3.05, 3.63) is 42.0 Å². The van der Waals surface area contributed by atoms with E-state index in [1.165, 1.54) is 13.0 Å². The first-order valence-electron chi connectivity index (χ1n) is 5.81. The Hall–Kier alpha value is -1.42.